The molecule has 14 nitrogen and oxygen atoms in total. The molecule has 2 aliphatic heterocycles. The summed E-state index contributed by atoms with van der Waals surface area (Å²) in [4.78, 5) is 13.4. The van der Waals surface area contributed by atoms with E-state index in [1.165, 1.54) is 334 Å². The minimum atomic E-state index is -1.79. The van der Waals surface area contributed by atoms with Gasteiger partial charge in [-0.1, -0.05) is 396 Å². The summed E-state index contributed by atoms with van der Waals surface area (Å²) in [6.07, 6.45) is 80.8. The van der Waals surface area contributed by atoms with Crippen molar-refractivity contribution in [3.63, 3.8) is 0 Å². The van der Waals surface area contributed by atoms with Gasteiger partial charge in [0.1, 0.15) is 48.8 Å². The van der Waals surface area contributed by atoms with Gasteiger partial charge in [0.05, 0.1) is 32.0 Å². The molecule has 9 N–H and O–H groups in total. The van der Waals surface area contributed by atoms with Crippen molar-refractivity contribution in [1.82, 2.24) is 5.32 Å². The lowest BCUT2D eigenvalue weighted by atomic mass is 9.97. The number of carbonyl (C=O) groups excluding carboxylic acids is 1. The van der Waals surface area contributed by atoms with E-state index in [9.17, 15) is 45.6 Å². The summed E-state index contributed by atoms with van der Waals surface area (Å²) in [7, 11) is 0. The Balaban J connectivity index is 1.57. The van der Waals surface area contributed by atoms with Crippen LogP contribution in [0.4, 0.5) is 0 Å². The summed E-state index contributed by atoms with van der Waals surface area (Å²) in [5.41, 5.74) is 0. The number of rotatable bonds is 75. The van der Waals surface area contributed by atoms with Crippen LogP contribution in [0.3, 0.4) is 0 Å². The van der Waals surface area contributed by atoms with E-state index >= 15 is 0 Å². The van der Waals surface area contributed by atoms with Crippen LogP contribution in [0.2, 0.25) is 0 Å². The number of nitrogens with one attached hydrogen (secondary N) is 1. The van der Waals surface area contributed by atoms with Crippen molar-refractivity contribution >= 4 is 5.91 Å². The highest BCUT2D eigenvalue weighted by atomic mass is 16.7. The summed E-state index contributed by atoms with van der Waals surface area (Å²) < 4.78 is 23.0. The second kappa shape index (κ2) is 71.8. The van der Waals surface area contributed by atoms with E-state index in [2.05, 4.69) is 55.6 Å². The predicted octanol–water partition coefficient (Wildman–Crippen LogP) is 20.9. The van der Waals surface area contributed by atoms with Gasteiger partial charge in [0.25, 0.3) is 0 Å². The van der Waals surface area contributed by atoms with Gasteiger partial charge in [0.2, 0.25) is 5.91 Å². The van der Waals surface area contributed by atoms with Crippen LogP contribution in [-0.4, -0.2) is 140 Å². The highest BCUT2D eigenvalue weighted by Crippen LogP contribution is 2.31. The molecule has 0 spiro atoms. The first kappa shape index (κ1) is 96.0. The Labute approximate surface area is 626 Å². The average Bonchev–Trinajstić information content (AvgIpc) is 0.790. The number of aliphatic hydroxyl groups excluding tert-OH is 8. The van der Waals surface area contributed by atoms with Crippen LogP contribution >= 0.6 is 0 Å². The molecule has 0 aromatic heterocycles. The van der Waals surface area contributed by atoms with Crippen LogP contribution in [0.15, 0.2) is 48.6 Å². The Morgan fingerprint density at radius 3 is 0.990 bits per heavy atom. The minimum absolute atomic E-state index is 0.230. The molecule has 12 atom stereocenters. The van der Waals surface area contributed by atoms with Gasteiger partial charge in [0.15, 0.2) is 12.6 Å². The third-order valence-electron chi connectivity index (χ3n) is 21.5. The Bertz CT molecular complexity index is 1900. The number of allylic oxidation sites excluding steroid dienone is 7. The summed E-state index contributed by atoms with van der Waals surface area (Å²) in [6, 6.07) is -0.916. The molecule has 2 saturated heterocycles. The summed E-state index contributed by atoms with van der Waals surface area (Å²) in [5.74, 6) is -0.230. The molecular weight excluding hydrogens is 1280 g/mol. The zero-order valence-corrected chi connectivity index (χ0v) is 66.1. The summed E-state index contributed by atoms with van der Waals surface area (Å²) >= 11 is 0. The van der Waals surface area contributed by atoms with Crippen molar-refractivity contribution in [1.29, 1.82) is 0 Å². The maximum atomic E-state index is 13.4. The Morgan fingerprint density at radius 2 is 0.647 bits per heavy atom. The third kappa shape index (κ3) is 53.7. The molecule has 0 bridgehead atoms. The van der Waals surface area contributed by atoms with Gasteiger partial charge in [-0.15, -0.1) is 0 Å². The Kier molecular flexibility index (Phi) is 67.6. The SMILES string of the molecule is CCCCCCC/C=C\C/C=C\C/C=C\CCCCCCCCCCCCCCCCCCCCCCCCCCC(=O)NC(COC1OC(CO)C(OC2OC(CO)C(O)C(O)C2O)C(O)C1O)C(O)/C=C/CCCCCCCCCCCCCCCCCCCCCCCCCCCCC. The highest BCUT2D eigenvalue weighted by molar-refractivity contribution is 5.76. The van der Waals surface area contributed by atoms with E-state index < -0.39 is 86.8 Å². The number of ether oxygens (including phenoxy) is 4. The highest BCUT2D eigenvalue weighted by Gasteiger charge is 2.51. The molecule has 1 amide bonds. The molecule has 600 valence electrons. The zero-order valence-electron chi connectivity index (χ0n) is 66.1. The van der Waals surface area contributed by atoms with Crippen molar-refractivity contribution < 1.29 is 64.6 Å². The molecule has 0 radical (unpaired) electrons. The second-order valence-corrected chi connectivity index (χ2v) is 31.0. The minimum Gasteiger partial charge on any atom is -0.394 e. The van der Waals surface area contributed by atoms with Crippen molar-refractivity contribution in [2.45, 2.75) is 485 Å². The standard InChI is InChI=1S/C88H165NO13/c1-3-5-7-9-11-13-15-17-19-21-23-25-27-29-31-33-34-35-36-37-38-39-40-41-42-44-46-48-50-52-54-56-58-60-62-64-66-68-70-72-80(93)89-76(75-99-87-85(98)83(96)86(79(74-91)101-87)102-88-84(97)82(95)81(94)78(73-90)100-88)77(92)71-69-67-65-63-61-59-57-55-53-51-49-47-45-43-32-30-28-26-24-22-20-18-16-14-12-10-8-6-4-2/h15,17,21,23,27,29,69,71,76-79,81-88,90-92,94-98H,3-14,16,18-20,22,24-26,28,30-68,70,72-75H2,1-2H3,(H,89,93)/b17-15-,23-21-,29-27-,71-69+. The molecule has 0 saturated carbocycles. The molecule has 2 fully saturated rings. The van der Waals surface area contributed by atoms with Gasteiger partial charge in [-0.25, -0.2) is 0 Å². The molecule has 0 aromatic carbocycles. The van der Waals surface area contributed by atoms with Gasteiger partial charge in [-0.05, 0) is 57.8 Å². The normalized spacial score (nSPS) is 21.8. The lowest BCUT2D eigenvalue weighted by molar-refractivity contribution is -0.359. The summed E-state index contributed by atoms with van der Waals surface area (Å²) in [6.45, 7) is 2.86. The fourth-order valence-corrected chi connectivity index (χ4v) is 14.6. The topological polar surface area (TPSA) is 228 Å². The van der Waals surface area contributed by atoms with E-state index in [0.29, 0.717) is 6.42 Å². The quantitative estimate of drug-likeness (QED) is 0.0204. The molecule has 2 aliphatic rings. The molecule has 102 heavy (non-hydrogen) atoms. The van der Waals surface area contributed by atoms with E-state index in [-0.39, 0.29) is 18.9 Å². The van der Waals surface area contributed by atoms with Crippen molar-refractivity contribution in [3.05, 3.63) is 48.6 Å². The monoisotopic (exact) mass is 1440 g/mol. The second-order valence-electron chi connectivity index (χ2n) is 31.0. The first-order chi connectivity index (χ1) is 50.1. The maximum Gasteiger partial charge on any atom is 0.220 e. The first-order valence-corrected chi connectivity index (χ1v) is 43.9. The van der Waals surface area contributed by atoms with Crippen molar-refractivity contribution in [2.75, 3.05) is 19.8 Å². The molecule has 0 aromatic rings. The molecule has 2 heterocycles. The molecule has 0 aliphatic carbocycles. The van der Waals surface area contributed by atoms with Crippen LogP contribution in [0, 0.1) is 0 Å². The summed E-state index contributed by atoms with van der Waals surface area (Å²) in [5, 5.41) is 87.8. The zero-order chi connectivity index (χ0) is 73.7. The number of unbranched alkanes of at least 4 members (excludes halogenated alkanes) is 56. The number of aliphatic hydroxyl groups is 8. The number of carbonyl (C=O) groups is 1. The molecule has 14 heteroatoms. The Hall–Kier alpha value is -2.05. The predicted molar refractivity (Wildman–Crippen MR) is 424 cm³/mol. The van der Waals surface area contributed by atoms with Crippen molar-refractivity contribution in [3.8, 4) is 0 Å². The Morgan fingerprint density at radius 1 is 0.353 bits per heavy atom. The number of hydrogen-bond donors (Lipinski definition) is 9. The fraction of sp³-hybridized carbons (Fsp3) is 0.898. The maximum absolute atomic E-state index is 13.4. The first-order valence-electron chi connectivity index (χ1n) is 43.9. The van der Waals surface area contributed by atoms with Gasteiger partial charge >= 0.3 is 0 Å². The average molecular weight is 1450 g/mol. The molecule has 12 unspecified atom stereocenters. The van der Waals surface area contributed by atoms with E-state index in [1.807, 2.05) is 6.08 Å². The van der Waals surface area contributed by atoms with Crippen LogP contribution < -0.4 is 5.32 Å². The van der Waals surface area contributed by atoms with E-state index in [0.717, 1.165) is 51.4 Å². The van der Waals surface area contributed by atoms with Gasteiger partial charge in [-0.2, -0.15) is 0 Å². The third-order valence-corrected chi connectivity index (χ3v) is 21.5. The fourth-order valence-electron chi connectivity index (χ4n) is 14.6. The number of amides is 1. The van der Waals surface area contributed by atoms with Crippen LogP contribution in [0.1, 0.15) is 412 Å². The smallest absolute Gasteiger partial charge is 0.220 e. The lowest BCUT2D eigenvalue weighted by Crippen LogP contribution is -2.65. The van der Waals surface area contributed by atoms with Gasteiger partial charge < -0.3 is 65.1 Å². The van der Waals surface area contributed by atoms with Gasteiger partial charge in [-0.3, -0.25) is 4.79 Å². The van der Waals surface area contributed by atoms with Crippen molar-refractivity contribution in [2.24, 2.45) is 0 Å². The van der Waals surface area contributed by atoms with Crippen LogP contribution in [0.25, 0.3) is 0 Å². The lowest BCUT2D eigenvalue weighted by Gasteiger charge is -2.46. The van der Waals surface area contributed by atoms with E-state index in [1.54, 1.807) is 6.08 Å². The number of hydrogen-bond acceptors (Lipinski definition) is 13. The largest absolute Gasteiger partial charge is 0.394 e. The van der Waals surface area contributed by atoms with Crippen LogP contribution in [0.5, 0.6) is 0 Å². The molecular formula is C88H165NO13. The molecule has 2 rings (SSSR count). The van der Waals surface area contributed by atoms with E-state index in [4.69, 9.17) is 18.9 Å². The van der Waals surface area contributed by atoms with Gasteiger partial charge in [0, 0.05) is 6.42 Å². The van der Waals surface area contributed by atoms with Crippen LogP contribution in [-0.2, 0) is 23.7 Å².